The minimum atomic E-state index is -1.30. The number of nitrogens with two attached hydrogens (primary N) is 1. The summed E-state index contributed by atoms with van der Waals surface area (Å²) in [5, 5.41) is 13.5. The molecule has 10 heteroatoms. The van der Waals surface area contributed by atoms with Crippen molar-refractivity contribution < 1.29 is 24.0 Å². The van der Waals surface area contributed by atoms with E-state index in [4.69, 9.17) is 10.5 Å². The Morgan fingerprint density at radius 1 is 0.969 bits per heavy atom. The number of anilines is 1. The molecule has 0 saturated carbocycles. The molecule has 162 valence electrons. The molecule has 0 heterocycles. The fourth-order valence-electron chi connectivity index (χ4n) is 2.76. The van der Waals surface area contributed by atoms with Crippen molar-refractivity contribution >= 4 is 45.1 Å². The van der Waals surface area contributed by atoms with Gasteiger partial charge in [-0.25, -0.2) is 4.79 Å². The largest absolute Gasteiger partial charge is 0.444 e. The fraction of sp³-hybridized carbons (Fsp3) is 0.0455. The number of esters is 1. The predicted octanol–water partition coefficient (Wildman–Crippen LogP) is 3.99. The molecule has 0 saturated heterocycles. The molecule has 2 amide bonds. The van der Waals surface area contributed by atoms with Gasteiger partial charge in [0.15, 0.2) is 0 Å². The third-order valence-corrected chi connectivity index (χ3v) is 5.05. The molecule has 3 aromatic rings. The average molecular weight is 498 g/mol. The Morgan fingerprint density at radius 2 is 1.59 bits per heavy atom. The van der Waals surface area contributed by atoms with Crippen molar-refractivity contribution in [2.24, 2.45) is 5.73 Å². The number of carbonyl (C=O) groups is 3. The maximum Gasteiger partial charge on any atom is 0.339 e. The van der Waals surface area contributed by atoms with Crippen molar-refractivity contribution in [3.8, 4) is 0 Å². The van der Waals surface area contributed by atoms with Crippen LogP contribution in [0, 0.1) is 10.1 Å². The van der Waals surface area contributed by atoms with E-state index >= 15 is 0 Å². The van der Waals surface area contributed by atoms with Gasteiger partial charge in [-0.15, -0.1) is 0 Å². The molecule has 3 aromatic carbocycles. The van der Waals surface area contributed by atoms with Crippen molar-refractivity contribution in [3.63, 3.8) is 0 Å². The SMILES string of the molecule is NC(=O)c1ccc(C(=O)OC(C(=O)Nc2ccc([N+](=O)[O-])cc2Br)c2ccccc2)cc1. The lowest BCUT2D eigenvalue weighted by Gasteiger charge is -2.18. The molecule has 0 fully saturated rings. The standard InChI is InChI=1S/C22H16BrN3O6/c23-17-12-16(26(30)31)10-11-18(17)25-21(28)19(13-4-2-1-3-5-13)32-22(29)15-8-6-14(7-9-15)20(24)27/h1-12,19H,(H2,24,27)(H,25,28). The molecule has 3 N–H and O–H groups in total. The number of ether oxygens (including phenoxy) is 1. The van der Waals surface area contributed by atoms with Gasteiger partial charge < -0.3 is 15.8 Å². The molecule has 32 heavy (non-hydrogen) atoms. The summed E-state index contributed by atoms with van der Waals surface area (Å²) >= 11 is 3.19. The molecule has 1 atom stereocenters. The molecule has 0 aliphatic rings. The van der Waals surface area contributed by atoms with E-state index in [-0.39, 0.29) is 22.5 Å². The molecule has 1 unspecified atom stereocenters. The third-order valence-electron chi connectivity index (χ3n) is 4.39. The van der Waals surface area contributed by atoms with E-state index in [0.29, 0.717) is 10.0 Å². The van der Waals surface area contributed by atoms with Crippen LogP contribution < -0.4 is 11.1 Å². The maximum absolute atomic E-state index is 13.0. The first-order chi connectivity index (χ1) is 15.3. The Morgan fingerprint density at radius 3 is 2.16 bits per heavy atom. The van der Waals surface area contributed by atoms with Crippen molar-refractivity contribution in [1.29, 1.82) is 0 Å². The van der Waals surface area contributed by atoms with Gasteiger partial charge in [0.05, 0.1) is 16.2 Å². The first kappa shape index (κ1) is 22.6. The second-order valence-electron chi connectivity index (χ2n) is 6.55. The van der Waals surface area contributed by atoms with Gasteiger partial charge in [0.25, 0.3) is 11.6 Å². The lowest BCUT2D eigenvalue weighted by Crippen LogP contribution is -2.26. The molecule has 0 aliphatic heterocycles. The minimum Gasteiger partial charge on any atom is -0.444 e. The Balaban J connectivity index is 1.84. The van der Waals surface area contributed by atoms with Gasteiger partial charge in [-0.1, -0.05) is 30.3 Å². The van der Waals surface area contributed by atoms with Crippen LogP contribution in [0.4, 0.5) is 11.4 Å². The molecular formula is C22H16BrN3O6. The molecule has 0 aromatic heterocycles. The lowest BCUT2D eigenvalue weighted by atomic mass is 10.1. The Labute approximate surface area is 190 Å². The number of hydrogen-bond donors (Lipinski definition) is 2. The van der Waals surface area contributed by atoms with E-state index in [9.17, 15) is 24.5 Å². The van der Waals surface area contributed by atoms with Crippen molar-refractivity contribution in [3.05, 3.63) is 104 Å². The van der Waals surface area contributed by atoms with Crippen LogP contribution in [0.15, 0.2) is 77.3 Å². The summed E-state index contributed by atoms with van der Waals surface area (Å²) in [7, 11) is 0. The number of nitrogens with one attached hydrogen (secondary N) is 1. The highest BCUT2D eigenvalue weighted by Crippen LogP contribution is 2.29. The lowest BCUT2D eigenvalue weighted by molar-refractivity contribution is -0.384. The summed E-state index contributed by atoms with van der Waals surface area (Å²) in [5.74, 6) is -2.08. The fourth-order valence-corrected chi connectivity index (χ4v) is 3.23. The highest BCUT2D eigenvalue weighted by molar-refractivity contribution is 9.10. The number of nitrogens with zero attached hydrogens (tertiary/aromatic N) is 1. The number of nitro groups is 1. The zero-order valence-electron chi connectivity index (χ0n) is 16.4. The van der Waals surface area contributed by atoms with E-state index in [0.717, 1.165) is 0 Å². The number of carbonyl (C=O) groups excluding carboxylic acids is 3. The smallest absolute Gasteiger partial charge is 0.339 e. The molecule has 0 spiro atoms. The normalized spacial score (nSPS) is 11.3. The minimum absolute atomic E-state index is 0.125. The van der Waals surface area contributed by atoms with Gasteiger partial charge in [-0.2, -0.15) is 0 Å². The van der Waals surface area contributed by atoms with Crippen LogP contribution in [-0.2, 0) is 9.53 Å². The highest BCUT2D eigenvalue weighted by atomic mass is 79.9. The third kappa shape index (κ3) is 5.35. The number of halogens is 1. The first-order valence-electron chi connectivity index (χ1n) is 9.17. The summed E-state index contributed by atoms with van der Waals surface area (Å²) in [6.45, 7) is 0. The molecule has 3 rings (SSSR count). The predicted molar refractivity (Wildman–Crippen MR) is 119 cm³/mol. The van der Waals surface area contributed by atoms with Crippen molar-refractivity contribution in [2.45, 2.75) is 6.10 Å². The van der Waals surface area contributed by atoms with Gasteiger partial charge >= 0.3 is 5.97 Å². The van der Waals surface area contributed by atoms with Crippen LogP contribution in [0.5, 0.6) is 0 Å². The number of primary amides is 1. The molecule has 0 bridgehead atoms. The number of rotatable bonds is 7. The summed E-state index contributed by atoms with van der Waals surface area (Å²) in [4.78, 5) is 47.2. The van der Waals surface area contributed by atoms with Crippen LogP contribution in [0.3, 0.4) is 0 Å². The van der Waals surface area contributed by atoms with E-state index in [1.54, 1.807) is 30.3 Å². The number of hydrogen-bond acceptors (Lipinski definition) is 6. The zero-order valence-corrected chi connectivity index (χ0v) is 17.9. The van der Waals surface area contributed by atoms with Crippen molar-refractivity contribution in [2.75, 3.05) is 5.32 Å². The topological polar surface area (TPSA) is 142 Å². The second kappa shape index (κ2) is 9.84. The van der Waals surface area contributed by atoms with E-state index in [1.165, 1.54) is 42.5 Å². The number of nitro benzene ring substituents is 1. The Hall–Kier alpha value is -4.05. The van der Waals surface area contributed by atoms with E-state index in [2.05, 4.69) is 21.2 Å². The molecule has 9 nitrogen and oxygen atoms in total. The maximum atomic E-state index is 13.0. The van der Waals surface area contributed by atoms with Gasteiger partial charge in [-0.05, 0) is 46.3 Å². The summed E-state index contributed by atoms with van der Waals surface area (Å²) in [6, 6.07) is 17.7. The summed E-state index contributed by atoms with van der Waals surface area (Å²) in [5.41, 5.74) is 6.08. The number of non-ortho nitro benzene ring substituents is 1. The van der Waals surface area contributed by atoms with Crippen LogP contribution in [-0.4, -0.2) is 22.7 Å². The quantitative estimate of drug-likeness (QED) is 0.287. The van der Waals surface area contributed by atoms with Crippen LogP contribution in [0.1, 0.15) is 32.4 Å². The van der Waals surface area contributed by atoms with E-state index in [1.807, 2.05) is 0 Å². The monoisotopic (exact) mass is 497 g/mol. The van der Waals surface area contributed by atoms with Crippen LogP contribution in [0.25, 0.3) is 0 Å². The highest BCUT2D eigenvalue weighted by Gasteiger charge is 2.26. The van der Waals surface area contributed by atoms with Crippen LogP contribution in [0.2, 0.25) is 0 Å². The van der Waals surface area contributed by atoms with Gasteiger partial charge in [-0.3, -0.25) is 19.7 Å². The second-order valence-corrected chi connectivity index (χ2v) is 7.40. The molecule has 0 radical (unpaired) electrons. The number of benzene rings is 3. The van der Waals surface area contributed by atoms with Crippen LogP contribution >= 0.6 is 15.9 Å². The Bertz CT molecular complexity index is 1180. The van der Waals surface area contributed by atoms with E-state index < -0.39 is 28.8 Å². The summed E-state index contributed by atoms with van der Waals surface area (Å²) in [6.07, 6.45) is -1.30. The van der Waals surface area contributed by atoms with Gasteiger partial charge in [0.2, 0.25) is 12.0 Å². The van der Waals surface area contributed by atoms with Gasteiger partial charge in [0.1, 0.15) is 0 Å². The zero-order chi connectivity index (χ0) is 23.3. The van der Waals surface area contributed by atoms with Crippen molar-refractivity contribution in [1.82, 2.24) is 0 Å². The molecular weight excluding hydrogens is 482 g/mol. The first-order valence-corrected chi connectivity index (χ1v) is 9.96. The Kier molecular flexibility index (Phi) is 6.96. The number of amides is 2. The summed E-state index contributed by atoms with van der Waals surface area (Å²) < 4.78 is 5.76. The molecule has 0 aliphatic carbocycles. The van der Waals surface area contributed by atoms with Gasteiger partial charge in [0, 0.05) is 27.7 Å². The average Bonchev–Trinajstić information content (AvgIpc) is 2.79.